The number of halogens is 3. The van der Waals surface area contributed by atoms with Crippen LogP contribution in [0.25, 0.3) is 0 Å². The topological polar surface area (TPSA) is 129 Å². The number of nitriles is 1. The van der Waals surface area contributed by atoms with E-state index in [1.165, 1.54) is 35.2 Å². The van der Waals surface area contributed by atoms with Crippen LogP contribution in [0, 0.1) is 11.3 Å². The van der Waals surface area contributed by atoms with Crippen LogP contribution in [-0.2, 0) is 14.9 Å². The van der Waals surface area contributed by atoms with E-state index in [0.29, 0.717) is 18.2 Å². The molecule has 0 aliphatic heterocycles. The van der Waals surface area contributed by atoms with Gasteiger partial charge in [0.1, 0.15) is 18.0 Å². The van der Waals surface area contributed by atoms with Crippen LogP contribution in [0.1, 0.15) is 12.5 Å². The molecule has 0 saturated heterocycles. The number of nitrogens with zero attached hydrogens (tertiary/aromatic N) is 3. The van der Waals surface area contributed by atoms with Crippen LogP contribution in [-0.4, -0.2) is 30.3 Å². The Balaban J connectivity index is 1.78. The highest BCUT2D eigenvalue weighted by Crippen LogP contribution is 2.34. The molecule has 1 unspecified atom stereocenters. The lowest BCUT2D eigenvalue weighted by atomic mass is 10.2. The Morgan fingerprint density at radius 1 is 1.00 bits per heavy atom. The molecule has 0 saturated carbocycles. The van der Waals surface area contributed by atoms with Gasteiger partial charge in [0.15, 0.2) is 0 Å². The number of aromatic nitrogens is 2. The van der Waals surface area contributed by atoms with Gasteiger partial charge in [0, 0.05) is 11.8 Å². The minimum atomic E-state index is -5.04. The molecule has 1 heterocycles. The van der Waals surface area contributed by atoms with E-state index in [2.05, 4.69) is 25.4 Å². The summed E-state index contributed by atoms with van der Waals surface area (Å²) >= 11 is 0. The fraction of sp³-hybridized carbons (Fsp3) is 0.150. The van der Waals surface area contributed by atoms with Crippen molar-refractivity contribution in [1.82, 2.24) is 14.9 Å². The third-order valence-corrected chi connectivity index (χ3v) is 5.47. The Hall–Kier alpha value is -3.73. The van der Waals surface area contributed by atoms with Crippen molar-refractivity contribution in [3.8, 4) is 6.07 Å². The Morgan fingerprint density at radius 2 is 1.64 bits per heavy atom. The first kappa shape index (κ1) is 23.9. The van der Waals surface area contributed by atoms with Gasteiger partial charge in [-0.05, 0) is 43.3 Å². The van der Waals surface area contributed by atoms with E-state index in [-0.39, 0.29) is 16.5 Å². The molecule has 9 nitrogen and oxygen atoms in total. The molecular formula is C20H17F3N6O3S. The van der Waals surface area contributed by atoms with E-state index in [1.54, 1.807) is 30.3 Å². The van der Waals surface area contributed by atoms with E-state index < -0.39 is 21.9 Å². The molecule has 0 bridgehead atoms. The van der Waals surface area contributed by atoms with Gasteiger partial charge < -0.3 is 10.6 Å². The normalized spacial score (nSPS) is 13.5. The number of rotatable bonds is 8. The minimum Gasteiger partial charge on any atom is -0.340 e. The summed E-state index contributed by atoms with van der Waals surface area (Å²) in [6.07, 6.45) is -4.03. The van der Waals surface area contributed by atoms with Gasteiger partial charge >= 0.3 is 6.18 Å². The highest BCUT2D eigenvalue weighted by Gasteiger charge is 2.54. The molecule has 3 aromatic rings. The van der Waals surface area contributed by atoms with Crippen molar-refractivity contribution >= 4 is 27.3 Å². The largest absolute Gasteiger partial charge is 0.438 e. The van der Waals surface area contributed by atoms with Crippen LogP contribution in [0.2, 0.25) is 0 Å². The minimum absolute atomic E-state index is 0.145. The van der Waals surface area contributed by atoms with E-state index in [1.807, 2.05) is 6.07 Å². The first-order valence-electron chi connectivity index (χ1n) is 9.21. The van der Waals surface area contributed by atoms with Crippen LogP contribution in [0.15, 0.2) is 71.9 Å². The summed E-state index contributed by atoms with van der Waals surface area (Å²) in [6.45, 7) is 0.607. The smallest absolute Gasteiger partial charge is 0.340 e. The maximum absolute atomic E-state index is 13.8. The molecule has 3 rings (SSSR count). The highest BCUT2D eigenvalue weighted by atomic mass is 32.2. The predicted octanol–water partition coefficient (Wildman–Crippen LogP) is 3.69. The van der Waals surface area contributed by atoms with Crippen molar-refractivity contribution < 1.29 is 26.4 Å². The molecule has 1 atom stereocenters. The Morgan fingerprint density at radius 3 is 2.24 bits per heavy atom. The number of anilines is 3. The molecule has 0 aliphatic rings. The number of alkyl halides is 3. The number of hydrogen-bond donors (Lipinski definition) is 3. The van der Waals surface area contributed by atoms with Crippen molar-refractivity contribution in [3.63, 3.8) is 0 Å². The van der Waals surface area contributed by atoms with Gasteiger partial charge in [-0.3, -0.25) is 0 Å². The van der Waals surface area contributed by atoms with E-state index in [4.69, 9.17) is 5.26 Å². The fourth-order valence-electron chi connectivity index (χ4n) is 2.45. The van der Waals surface area contributed by atoms with E-state index in [9.17, 15) is 21.6 Å². The Labute approximate surface area is 187 Å². The quantitative estimate of drug-likeness (QED) is 0.330. The third-order valence-electron chi connectivity index (χ3n) is 4.27. The first-order chi connectivity index (χ1) is 15.5. The lowest BCUT2D eigenvalue weighted by Gasteiger charge is -2.32. The molecule has 0 fully saturated rings. The second kappa shape index (κ2) is 9.41. The third kappa shape index (κ3) is 5.95. The van der Waals surface area contributed by atoms with Crippen LogP contribution in [0.5, 0.6) is 0 Å². The molecule has 172 valence electrons. The molecule has 0 spiro atoms. The molecule has 1 aromatic heterocycles. The van der Waals surface area contributed by atoms with E-state index in [0.717, 1.165) is 6.33 Å². The van der Waals surface area contributed by atoms with Gasteiger partial charge in [-0.25, -0.2) is 23.2 Å². The zero-order valence-electron chi connectivity index (χ0n) is 17.0. The number of benzene rings is 2. The first-order valence-corrected chi connectivity index (χ1v) is 10.7. The van der Waals surface area contributed by atoms with Crippen molar-refractivity contribution in [3.05, 3.63) is 72.6 Å². The monoisotopic (exact) mass is 478 g/mol. The maximum Gasteiger partial charge on any atom is 0.438 e. The summed E-state index contributed by atoms with van der Waals surface area (Å²) in [7, 11) is -4.38. The highest BCUT2D eigenvalue weighted by molar-refractivity contribution is 7.89. The molecule has 2 aromatic carbocycles. The maximum atomic E-state index is 13.8. The Kier molecular flexibility index (Phi) is 6.82. The van der Waals surface area contributed by atoms with Crippen molar-refractivity contribution in [2.24, 2.45) is 0 Å². The van der Waals surface area contributed by atoms with Crippen molar-refractivity contribution in [1.29, 1.82) is 5.26 Å². The number of hydrogen-bond acceptors (Lipinski definition) is 8. The summed E-state index contributed by atoms with van der Waals surface area (Å²) in [4.78, 5) is 13.5. The lowest BCUT2D eigenvalue weighted by Crippen LogP contribution is -2.55. The second-order valence-electron chi connectivity index (χ2n) is 6.76. The lowest BCUT2D eigenvalue weighted by molar-refractivity contribution is -0.268. The summed E-state index contributed by atoms with van der Waals surface area (Å²) in [5.41, 5.74) is -2.21. The van der Waals surface area contributed by atoms with Crippen molar-refractivity contribution in [2.75, 3.05) is 10.6 Å². The number of nitrogens with one attached hydrogen (secondary N) is 3. The fourth-order valence-corrected chi connectivity index (χ4v) is 3.34. The van der Waals surface area contributed by atoms with Crippen LogP contribution in [0.4, 0.5) is 30.5 Å². The molecule has 0 radical (unpaired) electrons. The standard InChI is InChI=1S/C20H17F3N6O3S/c1-19(20(21,22)23,32-29-33(30,31)16-5-3-2-4-6-16)28-18-11-17(25-13-26-18)27-15-9-7-14(12-24)8-10-15/h2-11,13,29H,1H3,(H2,25,26,27,28). The molecule has 13 heteroatoms. The SMILES string of the molecule is CC(Nc1cc(Nc2ccc(C#N)cc2)ncn1)(ONS(=O)(=O)c1ccccc1)C(F)(F)F. The molecule has 0 aliphatic carbocycles. The molecule has 3 N–H and O–H groups in total. The molecular weight excluding hydrogens is 461 g/mol. The van der Waals surface area contributed by atoms with Crippen molar-refractivity contribution in [2.45, 2.75) is 23.7 Å². The molecule has 0 amide bonds. The van der Waals surface area contributed by atoms with E-state index >= 15 is 0 Å². The van der Waals surface area contributed by atoms with Gasteiger partial charge in [0.25, 0.3) is 15.7 Å². The van der Waals surface area contributed by atoms with Crippen LogP contribution >= 0.6 is 0 Å². The zero-order chi connectivity index (χ0) is 24.1. The molecule has 33 heavy (non-hydrogen) atoms. The second-order valence-corrected chi connectivity index (χ2v) is 8.41. The van der Waals surface area contributed by atoms with Gasteiger partial charge in [-0.15, -0.1) is 0 Å². The average molecular weight is 478 g/mol. The van der Waals surface area contributed by atoms with Crippen LogP contribution in [0.3, 0.4) is 0 Å². The van der Waals surface area contributed by atoms with Gasteiger partial charge in [0.2, 0.25) is 0 Å². The van der Waals surface area contributed by atoms with Crippen LogP contribution < -0.4 is 15.5 Å². The van der Waals surface area contributed by atoms with Gasteiger partial charge in [0.05, 0.1) is 16.5 Å². The summed E-state index contributed by atoms with van der Waals surface area (Å²) in [5.74, 6) is -0.147. The van der Waals surface area contributed by atoms with Gasteiger partial charge in [-0.2, -0.15) is 18.4 Å². The summed E-state index contributed by atoms with van der Waals surface area (Å²) < 4.78 is 65.9. The Bertz CT molecular complexity index is 1250. The average Bonchev–Trinajstić information content (AvgIpc) is 2.78. The summed E-state index contributed by atoms with van der Waals surface area (Å²) in [5, 5.41) is 13.8. The van der Waals surface area contributed by atoms with Gasteiger partial charge in [-0.1, -0.05) is 23.1 Å². The number of sulfonamides is 1. The zero-order valence-corrected chi connectivity index (χ0v) is 17.8. The predicted molar refractivity (Wildman–Crippen MR) is 112 cm³/mol. The summed E-state index contributed by atoms with van der Waals surface area (Å²) in [6, 6.07) is 16.2.